The minimum Gasteiger partial charge on any atom is -0.393 e. The molecule has 1 spiro atoms. The first-order valence-electron chi connectivity index (χ1n) is 13.3. The van der Waals surface area contributed by atoms with E-state index in [0.29, 0.717) is 43.4 Å². The Balaban J connectivity index is 1.69. The second-order valence-corrected chi connectivity index (χ2v) is 13.0. The number of rotatable bonds is 4. The van der Waals surface area contributed by atoms with Gasteiger partial charge in [0, 0.05) is 23.7 Å². The summed E-state index contributed by atoms with van der Waals surface area (Å²) in [5.74, 6) is -3.32. The second kappa shape index (κ2) is 10.3. The van der Waals surface area contributed by atoms with Gasteiger partial charge in [0.25, 0.3) is 0 Å². The van der Waals surface area contributed by atoms with Gasteiger partial charge in [0.2, 0.25) is 11.8 Å². The fraction of sp³-hybridized carbons (Fsp3) is 0.517. The zero-order chi connectivity index (χ0) is 28.3. The van der Waals surface area contributed by atoms with Crippen molar-refractivity contribution >= 4 is 40.7 Å². The zero-order valence-corrected chi connectivity index (χ0v) is 23.6. The molecule has 0 radical (unpaired) electrons. The Hall–Kier alpha value is -2.26. The van der Waals surface area contributed by atoms with Gasteiger partial charge in [-0.3, -0.25) is 9.59 Å². The highest BCUT2D eigenvalue weighted by Gasteiger charge is 2.66. The Labute approximate surface area is 236 Å². The third-order valence-corrected chi connectivity index (χ3v) is 8.92. The summed E-state index contributed by atoms with van der Waals surface area (Å²) in [5, 5.41) is 18.9. The molecule has 0 aromatic heterocycles. The van der Waals surface area contributed by atoms with Crippen molar-refractivity contribution in [1.82, 2.24) is 10.6 Å². The van der Waals surface area contributed by atoms with Crippen LogP contribution in [-0.4, -0.2) is 41.2 Å². The van der Waals surface area contributed by atoms with Crippen LogP contribution >= 0.6 is 23.2 Å². The average molecular weight is 581 g/mol. The lowest BCUT2D eigenvalue weighted by atomic mass is 9.62. The fourth-order valence-corrected chi connectivity index (χ4v) is 7.02. The van der Waals surface area contributed by atoms with Gasteiger partial charge in [0.05, 0.1) is 22.2 Å². The van der Waals surface area contributed by atoms with Crippen LogP contribution in [0.5, 0.6) is 0 Å². The molecule has 5 rings (SSSR count). The maximum Gasteiger partial charge on any atom is 0.238 e. The highest BCUT2D eigenvalue weighted by molar-refractivity contribution is 6.31. The summed E-state index contributed by atoms with van der Waals surface area (Å²) in [6.07, 6.45) is 2.40. The maximum absolute atomic E-state index is 15.8. The quantitative estimate of drug-likeness (QED) is 0.388. The first-order valence-corrected chi connectivity index (χ1v) is 14.1. The number of hydrogen-bond acceptors (Lipinski definition) is 4. The van der Waals surface area contributed by atoms with Crippen LogP contribution < -0.4 is 16.0 Å². The van der Waals surface area contributed by atoms with Crippen LogP contribution in [0.25, 0.3) is 0 Å². The summed E-state index contributed by atoms with van der Waals surface area (Å²) in [5.41, 5.74) is -1.06. The largest absolute Gasteiger partial charge is 0.393 e. The van der Waals surface area contributed by atoms with Crippen LogP contribution in [0.15, 0.2) is 30.3 Å². The summed E-state index contributed by atoms with van der Waals surface area (Å²) in [6, 6.07) is 5.28. The molecule has 2 heterocycles. The number of nitrogens with one attached hydrogen (secondary N) is 3. The lowest BCUT2D eigenvalue weighted by molar-refractivity contribution is -0.124. The zero-order valence-electron chi connectivity index (χ0n) is 22.1. The highest BCUT2D eigenvalue weighted by atomic mass is 35.5. The van der Waals surface area contributed by atoms with Gasteiger partial charge in [-0.1, -0.05) is 56.1 Å². The van der Waals surface area contributed by atoms with E-state index in [0.717, 1.165) is 0 Å². The van der Waals surface area contributed by atoms with Gasteiger partial charge in [-0.25, -0.2) is 8.78 Å². The number of carbonyl (C=O) groups excluding carboxylic acids is 2. The summed E-state index contributed by atoms with van der Waals surface area (Å²) < 4.78 is 30.8. The summed E-state index contributed by atoms with van der Waals surface area (Å²) >= 11 is 12.3. The van der Waals surface area contributed by atoms with Crippen LogP contribution in [0, 0.1) is 17.0 Å². The number of halogens is 4. The van der Waals surface area contributed by atoms with E-state index in [1.165, 1.54) is 24.3 Å². The van der Waals surface area contributed by atoms with Crippen LogP contribution in [0.3, 0.4) is 0 Å². The number of carbonyl (C=O) groups is 2. The Bertz CT molecular complexity index is 1310. The van der Waals surface area contributed by atoms with Gasteiger partial charge < -0.3 is 21.1 Å². The smallest absolute Gasteiger partial charge is 0.238 e. The fourth-order valence-electron chi connectivity index (χ4n) is 6.68. The normalized spacial score (nSPS) is 30.4. The molecule has 210 valence electrons. The Morgan fingerprint density at radius 3 is 2.49 bits per heavy atom. The van der Waals surface area contributed by atoms with Crippen LogP contribution in [0.1, 0.15) is 69.9 Å². The maximum atomic E-state index is 15.8. The Morgan fingerprint density at radius 2 is 1.82 bits per heavy atom. The van der Waals surface area contributed by atoms with Crippen LogP contribution in [0.4, 0.5) is 14.5 Å². The molecule has 1 saturated heterocycles. The van der Waals surface area contributed by atoms with E-state index in [1.54, 1.807) is 6.07 Å². The predicted octanol–water partition coefficient (Wildman–Crippen LogP) is 5.44. The van der Waals surface area contributed by atoms with Gasteiger partial charge in [-0.2, -0.15) is 0 Å². The van der Waals surface area contributed by atoms with Crippen LogP contribution in [0.2, 0.25) is 10.0 Å². The van der Waals surface area contributed by atoms with Crippen molar-refractivity contribution < 1.29 is 23.5 Å². The van der Waals surface area contributed by atoms with Gasteiger partial charge in [-0.15, -0.1) is 0 Å². The number of fused-ring (bicyclic) bond motifs is 2. The van der Waals surface area contributed by atoms with Gasteiger partial charge in [-0.05, 0) is 66.8 Å². The number of benzene rings is 2. The molecule has 0 unspecified atom stereocenters. The molecule has 4 N–H and O–H groups in total. The second-order valence-electron chi connectivity index (χ2n) is 12.2. The molecule has 10 heteroatoms. The molecule has 2 aliphatic heterocycles. The minimum absolute atomic E-state index is 0.101. The molecule has 0 bridgehead atoms. The van der Waals surface area contributed by atoms with E-state index in [9.17, 15) is 19.1 Å². The predicted molar refractivity (Wildman–Crippen MR) is 147 cm³/mol. The molecular weight excluding hydrogens is 547 g/mol. The van der Waals surface area contributed by atoms with Gasteiger partial charge in [0.1, 0.15) is 17.0 Å². The summed E-state index contributed by atoms with van der Waals surface area (Å²) in [7, 11) is 0. The summed E-state index contributed by atoms with van der Waals surface area (Å²) in [4.78, 5) is 28.1. The Morgan fingerprint density at radius 1 is 1.13 bits per heavy atom. The van der Waals surface area contributed by atoms with Crippen molar-refractivity contribution in [3.05, 3.63) is 63.1 Å². The number of hydrogen-bond donors (Lipinski definition) is 4. The molecule has 4 atom stereocenters. The van der Waals surface area contributed by atoms with E-state index in [2.05, 4.69) is 16.0 Å². The molecule has 6 nitrogen and oxygen atoms in total. The number of aliphatic hydroxyl groups is 1. The van der Waals surface area contributed by atoms with Crippen molar-refractivity contribution in [2.75, 3.05) is 5.32 Å². The van der Waals surface area contributed by atoms with E-state index in [1.807, 2.05) is 20.8 Å². The van der Waals surface area contributed by atoms with E-state index in [4.69, 9.17) is 23.2 Å². The Kier molecular flexibility index (Phi) is 7.46. The van der Waals surface area contributed by atoms with E-state index >= 15 is 4.39 Å². The third-order valence-electron chi connectivity index (χ3n) is 8.34. The highest BCUT2D eigenvalue weighted by Crippen LogP contribution is 2.57. The molecule has 1 saturated carbocycles. The molecule has 3 aliphatic rings. The van der Waals surface area contributed by atoms with Crippen molar-refractivity contribution in [3.8, 4) is 0 Å². The molecule has 1 aliphatic carbocycles. The number of anilines is 1. The van der Waals surface area contributed by atoms with Gasteiger partial charge in [0.15, 0.2) is 0 Å². The molecule has 2 aromatic rings. The topological polar surface area (TPSA) is 90.5 Å². The molecule has 39 heavy (non-hydrogen) atoms. The lowest BCUT2D eigenvalue weighted by Crippen LogP contribution is -2.50. The van der Waals surface area contributed by atoms with Crippen LogP contribution in [-0.2, 0) is 15.0 Å². The average Bonchev–Trinajstić information content (AvgIpc) is 3.32. The molecular formula is C29H33Cl2F2N3O3. The van der Waals surface area contributed by atoms with E-state index in [-0.39, 0.29) is 33.0 Å². The lowest BCUT2D eigenvalue weighted by Gasteiger charge is -2.38. The van der Waals surface area contributed by atoms with Crippen molar-refractivity contribution in [3.63, 3.8) is 0 Å². The van der Waals surface area contributed by atoms with Gasteiger partial charge >= 0.3 is 0 Å². The molecule has 2 aromatic carbocycles. The minimum atomic E-state index is -1.52. The number of amides is 2. The first-order chi connectivity index (χ1) is 18.3. The first kappa shape index (κ1) is 28.3. The molecule has 2 amide bonds. The monoisotopic (exact) mass is 579 g/mol. The third kappa shape index (κ3) is 4.94. The SMILES string of the molecule is CC(C)(C)C[C@H]1N[C@@H](C(=O)N[C@H]2CC[C@H](O)CC2)[C@H](c2cccc(Cl)c2F)[C@@]12C(=O)Nc1cc(Cl)c(F)cc12. The number of aliphatic hydroxyl groups excluding tert-OH is 1. The van der Waals surface area contributed by atoms with Crippen molar-refractivity contribution in [2.45, 2.75) is 88.4 Å². The standard InChI is InChI=1S/C29H33Cl2F2N3O3/c1-28(2,3)13-22-29(17-11-20(32)19(31)12-21(17)35-27(29)39)23(16-5-4-6-18(30)24(16)33)25(36-22)26(38)34-14-7-9-15(37)10-8-14/h4-6,11-12,14-15,22-23,25,36-37H,7-10,13H2,1-3H3,(H,34,38)(H,35,39)/t14-,15-,22-,23+,25-,29+/m1/s1. The molecule has 2 fully saturated rings. The summed E-state index contributed by atoms with van der Waals surface area (Å²) in [6.45, 7) is 6.02. The van der Waals surface area contributed by atoms with E-state index < -0.39 is 47.1 Å². The van der Waals surface area contributed by atoms with Crippen molar-refractivity contribution in [2.24, 2.45) is 5.41 Å². The van der Waals surface area contributed by atoms with Crippen molar-refractivity contribution in [1.29, 1.82) is 0 Å².